The number of carbonyl (C=O) groups is 2. The largest absolute Gasteiger partial charge is 0.495 e. The van der Waals surface area contributed by atoms with Gasteiger partial charge in [0.2, 0.25) is 0 Å². The smallest absolute Gasteiger partial charge is 0.278 e. The first-order valence-electron chi connectivity index (χ1n) is 10.5. The molecule has 1 aromatic heterocycles. The molecule has 1 aliphatic rings. The molecular weight excluding hydrogens is 436 g/mol. The zero-order valence-corrected chi connectivity index (χ0v) is 19.5. The fourth-order valence-corrected chi connectivity index (χ4v) is 4.56. The highest BCUT2D eigenvalue weighted by molar-refractivity contribution is 8.04. The summed E-state index contributed by atoms with van der Waals surface area (Å²) in [4.78, 5) is 37.1. The number of nitrogens with one attached hydrogen (secondary N) is 1. The van der Waals surface area contributed by atoms with Crippen LogP contribution in [0.3, 0.4) is 0 Å². The molecule has 2 amide bonds. The maximum Gasteiger partial charge on any atom is 0.278 e. The van der Waals surface area contributed by atoms with Gasteiger partial charge in [-0.25, -0.2) is 9.97 Å². The summed E-state index contributed by atoms with van der Waals surface area (Å²) in [5.41, 5.74) is 3.44. The monoisotopic (exact) mass is 460 g/mol. The third-order valence-electron chi connectivity index (χ3n) is 5.11. The van der Waals surface area contributed by atoms with Gasteiger partial charge in [-0.3, -0.25) is 14.5 Å². The molecule has 33 heavy (non-hydrogen) atoms. The van der Waals surface area contributed by atoms with Crippen LogP contribution in [0.5, 0.6) is 5.75 Å². The molecule has 0 radical (unpaired) electrons. The van der Waals surface area contributed by atoms with E-state index in [1.807, 2.05) is 62.4 Å². The maximum absolute atomic E-state index is 13.4. The molecule has 0 spiro atoms. The number of thioether (sulfide) groups is 1. The lowest BCUT2D eigenvalue weighted by Crippen LogP contribution is -2.34. The third kappa shape index (κ3) is 5.06. The van der Waals surface area contributed by atoms with E-state index in [1.54, 1.807) is 19.2 Å². The highest BCUT2D eigenvalue weighted by Gasteiger charge is 2.39. The molecule has 0 aliphatic carbocycles. The van der Waals surface area contributed by atoms with Crippen molar-refractivity contribution in [3.05, 3.63) is 88.2 Å². The van der Waals surface area contributed by atoms with Crippen molar-refractivity contribution in [1.29, 1.82) is 0 Å². The average molecular weight is 461 g/mol. The van der Waals surface area contributed by atoms with Crippen molar-refractivity contribution in [2.24, 2.45) is 0 Å². The van der Waals surface area contributed by atoms with Crippen LogP contribution in [0.4, 0.5) is 5.69 Å². The summed E-state index contributed by atoms with van der Waals surface area (Å²) in [7, 11) is 1.56. The normalized spacial score (nSPS) is 13.6. The molecule has 0 atom stereocenters. The van der Waals surface area contributed by atoms with Gasteiger partial charge in [0.05, 0.1) is 12.8 Å². The zero-order valence-electron chi connectivity index (χ0n) is 18.7. The molecule has 1 aliphatic heterocycles. The molecule has 7 nitrogen and oxygen atoms in total. The molecule has 2 aromatic carbocycles. The Balaban J connectivity index is 1.67. The SMILES string of the molecule is COc1ccccc1NC1=C(Sc2nc(C)cc(C)n2)C(=O)N(CCc2ccccc2)C1=O. The number of anilines is 1. The van der Waals surface area contributed by atoms with Gasteiger partial charge in [-0.1, -0.05) is 42.5 Å². The lowest BCUT2D eigenvalue weighted by Gasteiger charge is -2.15. The Morgan fingerprint density at radius 3 is 2.30 bits per heavy atom. The van der Waals surface area contributed by atoms with Gasteiger partial charge >= 0.3 is 0 Å². The number of aromatic nitrogens is 2. The minimum atomic E-state index is -0.381. The number of amides is 2. The molecule has 0 saturated carbocycles. The van der Waals surface area contributed by atoms with Crippen molar-refractivity contribution in [3.63, 3.8) is 0 Å². The number of para-hydroxylation sites is 2. The van der Waals surface area contributed by atoms with Gasteiger partial charge in [-0.15, -0.1) is 0 Å². The summed E-state index contributed by atoms with van der Waals surface area (Å²) >= 11 is 1.10. The molecule has 3 aromatic rings. The number of aryl methyl sites for hydroxylation is 2. The van der Waals surface area contributed by atoms with E-state index in [-0.39, 0.29) is 29.0 Å². The average Bonchev–Trinajstić information content (AvgIpc) is 3.02. The van der Waals surface area contributed by atoms with Gasteiger partial charge in [0.1, 0.15) is 16.4 Å². The van der Waals surface area contributed by atoms with Gasteiger partial charge in [0.15, 0.2) is 5.16 Å². The molecule has 8 heteroatoms. The Hall–Kier alpha value is -3.65. The topological polar surface area (TPSA) is 84.4 Å². The molecule has 4 rings (SSSR count). The van der Waals surface area contributed by atoms with Crippen LogP contribution >= 0.6 is 11.8 Å². The van der Waals surface area contributed by atoms with E-state index >= 15 is 0 Å². The van der Waals surface area contributed by atoms with E-state index < -0.39 is 0 Å². The Morgan fingerprint density at radius 2 is 1.61 bits per heavy atom. The van der Waals surface area contributed by atoms with Gasteiger partial charge in [-0.05, 0) is 55.8 Å². The van der Waals surface area contributed by atoms with Gasteiger partial charge in [0.25, 0.3) is 11.8 Å². The van der Waals surface area contributed by atoms with Crippen LogP contribution in [0.2, 0.25) is 0 Å². The van der Waals surface area contributed by atoms with Gasteiger partial charge < -0.3 is 10.1 Å². The van der Waals surface area contributed by atoms with Crippen LogP contribution in [0.1, 0.15) is 17.0 Å². The first kappa shape index (κ1) is 22.5. The summed E-state index contributed by atoms with van der Waals surface area (Å²) in [5.74, 6) is -0.171. The van der Waals surface area contributed by atoms with E-state index in [0.717, 1.165) is 28.7 Å². The van der Waals surface area contributed by atoms with Crippen molar-refractivity contribution < 1.29 is 14.3 Å². The number of rotatable bonds is 8. The summed E-state index contributed by atoms with van der Waals surface area (Å²) in [6, 6.07) is 18.9. The fourth-order valence-electron chi connectivity index (χ4n) is 3.56. The van der Waals surface area contributed by atoms with Crippen molar-refractivity contribution >= 4 is 29.3 Å². The molecule has 0 bridgehead atoms. The predicted octanol–water partition coefficient (Wildman–Crippen LogP) is 4.13. The first-order chi connectivity index (χ1) is 16.0. The molecular formula is C25H24N4O3S. The lowest BCUT2D eigenvalue weighted by molar-refractivity contribution is -0.137. The lowest BCUT2D eigenvalue weighted by atomic mass is 10.1. The van der Waals surface area contributed by atoms with Crippen LogP contribution in [0.15, 0.2) is 76.4 Å². The molecule has 0 unspecified atom stereocenters. The van der Waals surface area contributed by atoms with Crippen LogP contribution in [-0.2, 0) is 16.0 Å². The fraction of sp³-hybridized carbons (Fsp3) is 0.200. The van der Waals surface area contributed by atoms with Crippen LogP contribution in [0, 0.1) is 13.8 Å². The minimum Gasteiger partial charge on any atom is -0.495 e. The van der Waals surface area contributed by atoms with Gasteiger partial charge in [0, 0.05) is 17.9 Å². The number of hydrogen-bond donors (Lipinski definition) is 1. The molecule has 0 saturated heterocycles. The van der Waals surface area contributed by atoms with E-state index in [9.17, 15) is 9.59 Å². The Labute approximate surface area is 196 Å². The summed E-state index contributed by atoms with van der Waals surface area (Å²) in [5, 5.41) is 3.56. The van der Waals surface area contributed by atoms with Crippen molar-refractivity contribution in [1.82, 2.24) is 14.9 Å². The van der Waals surface area contributed by atoms with Crippen LogP contribution in [-0.4, -0.2) is 40.3 Å². The number of benzene rings is 2. The van der Waals surface area contributed by atoms with Crippen LogP contribution in [0.25, 0.3) is 0 Å². The first-order valence-corrected chi connectivity index (χ1v) is 11.3. The highest BCUT2D eigenvalue weighted by Crippen LogP contribution is 2.36. The summed E-state index contributed by atoms with van der Waals surface area (Å²) in [6.07, 6.45) is 0.568. The zero-order chi connectivity index (χ0) is 23.4. The number of ether oxygens (including phenoxy) is 1. The van der Waals surface area contributed by atoms with Crippen LogP contribution < -0.4 is 10.1 Å². The number of carbonyl (C=O) groups excluding carboxylic acids is 2. The predicted molar refractivity (Wildman–Crippen MR) is 128 cm³/mol. The highest BCUT2D eigenvalue weighted by atomic mass is 32.2. The van der Waals surface area contributed by atoms with E-state index in [0.29, 0.717) is 23.0 Å². The third-order valence-corrected chi connectivity index (χ3v) is 6.06. The van der Waals surface area contributed by atoms with E-state index in [4.69, 9.17) is 4.74 Å². The molecule has 1 N–H and O–H groups in total. The second-order valence-corrected chi connectivity index (χ2v) is 8.54. The maximum atomic E-state index is 13.4. The Bertz CT molecular complexity index is 1210. The number of nitrogens with zero attached hydrogens (tertiary/aromatic N) is 3. The number of methoxy groups -OCH3 is 1. The molecule has 2 heterocycles. The van der Waals surface area contributed by atoms with Crippen molar-refractivity contribution in [3.8, 4) is 5.75 Å². The number of hydrogen-bond acceptors (Lipinski definition) is 7. The van der Waals surface area contributed by atoms with E-state index in [1.165, 1.54) is 4.90 Å². The molecule has 168 valence electrons. The van der Waals surface area contributed by atoms with Crippen molar-refractivity contribution in [2.75, 3.05) is 19.0 Å². The summed E-state index contributed by atoms with van der Waals surface area (Å²) < 4.78 is 5.41. The Kier molecular flexibility index (Phi) is 6.74. The molecule has 0 fully saturated rings. The summed E-state index contributed by atoms with van der Waals surface area (Å²) in [6.45, 7) is 4.01. The Morgan fingerprint density at radius 1 is 0.939 bits per heavy atom. The second-order valence-electron chi connectivity index (χ2n) is 7.56. The standard InChI is InChI=1S/C25H24N4O3S/c1-16-15-17(2)27-25(26-16)33-22-21(28-19-11-7-8-12-20(19)32-3)23(30)29(24(22)31)14-13-18-9-5-4-6-10-18/h4-12,15,28H,13-14H2,1-3H3. The van der Waals surface area contributed by atoms with Gasteiger partial charge in [-0.2, -0.15) is 0 Å². The number of imide groups is 1. The quantitative estimate of drug-likeness (QED) is 0.400. The van der Waals surface area contributed by atoms with Crippen molar-refractivity contribution in [2.45, 2.75) is 25.4 Å². The van der Waals surface area contributed by atoms with E-state index in [2.05, 4.69) is 15.3 Å². The second kappa shape index (κ2) is 9.87. The minimum absolute atomic E-state index is 0.199.